The lowest BCUT2D eigenvalue weighted by atomic mass is 9.97. The Morgan fingerprint density at radius 1 is 1.03 bits per heavy atom. The number of anilines is 2. The van der Waals surface area contributed by atoms with Gasteiger partial charge < -0.3 is 10.6 Å². The standard InChI is InChI=1S/C23H26N6O3/c1-14-12-15(2)29(27-14)23-26-20-7-5-4-6-19(20)22(32)28(23)13-21(31)25-18-10-8-17(9-11-18)24-16(3)30/h8-12H,4-7,13H2,1-3H3,(H,24,30)(H,25,31). The van der Waals surface area contributed by atoms with Crippen LogP contribution < -0.4 is 16.2 Å². The topological polar surface area (TPSA) is 111 Å². The molecule has 0 saturated carbocycles. The molecule has 1 aliphatic rings. The molecule has 2 N–H and O–H groups in total. The Hall–Kier alpha value is -3.75. The molecule has 0 fully saturated rings. The Balaban J connectivity index is 1.65. The molecular weight excluding hydrogens is 408 g/mol. The van der Waals surface area contributed by atoms with Gasteiger partial charge in [0.25, 0.3) is 5.56 Å². The summed E-state index contributed by atoms with van der Waals surface area (Å²) >= 11 is 0. The SMILES string of the molecule is CC(=O)Nc1ccc(NC(=O)Cn2c(-n3nc(C)cc3C)nc3c(c2=O)CCCC3)cc1. The minimum Gasteiger partial charge on any atom is -0.326 e. The Morgan fingerprint density at radius 2 is 1.69 bits per heavy atom. The Kier molecular flexibility index (Phi) is 5.89. The molecule has 3 aromatic rings. The number of amides is 2. The van der Waals surface area contributed by atoms with Crippen LogP contribution in [0.3, 0.4) is 0 Å². The summed E-state index contributed by atoms with van der Waals surface area (Å²) in [7, 11) is 0. The van der Waals surface area contributed by atoms with Crippen LogP contribution >= 0.6 is 0 Å². The molecule has 2 heterocycles. The van der Waals surface area contributed by atoms with E-state index in [0.29, 0.717) is 29.3 Å². The molecule has 166 valence electrons. The molecule has 0 bridgehead atoms. The highest BCUT2D eigenvalue weighted by Gasteiger charge is 2.22. The molecule has 9 heteroatoms. The van der Waals surface area contributed by atoms with Gasteiger partial charge in [0.2, 0.25) is 17.8 Å². The van der Waals surface area contributed by atoms with E-state index < -0.39 is 0 Å². The van der Waals surface area contributed by atoms with E-state index in [0.717, 1.165) is 36.3 Å². The molecule has 32 heavy (non-hydrogen) atoms. The van der Waals surface area contributed by atoms with E-state index in [2.05, 4.69) is 15.7 Å². The third-order valence-corrected chi connectivity index (χ3v) is 5.41. The van der Waals surface area contributed by atoms with Crippen LogP contribution in [0.15, 0.2) is 35.1 Å². The highest BCUT2D eigenvalue weighted by molar-refractivity contribution is 5.92. The number of carbonyl (C=O) groups excluding carboxylic acids is 2. The maximum absolute atomic E-state index is 13.3. The van der Waals surface area contributed by atoms with Crippen molar-refractivity contribution < 1.29 is 9.59 Å². The number of benzene rings is 1. The van der Waals surface area contributed by atoms with Gasteiger partial charge in [-0.15, -0.1) is 0 Å². The van der Waals surface area contributed by atoms with Crippen LogP contribution in [0, 0.1) is 13.8 Å². The van der Waals surface area contributed by atoms with Gasteiger partial charge in [0, 0.05) is 29.6 Å². The van der Waals surface area contributed by atoms with Gasteiger partial charge in [0.05, 0.1) is 11.4 Å². The molecular formula is C23H26N6O3. The fourth-order valence-electron chi connectivity index (χ4n) is 4.00. The van der Waals surface area contributed by atoms with Crippen LogP contribution in [0.25, 0.3) is 5.95 Å². The van der Waals surface area contributed by atoms with E-state index >= 15 is 0 Å². The lowest BCUT2D eigenvalue weighted by Gasteiger charge is -2.20. The first-order chi connectivity index (χ1) is 15.3. The zero-order valence-electron chi connectivity index (χ0n) is 18.4. The molecule has 9 nitrogen and oxygen atoms in total. The van der Waals surface area contributed by atoms with E-state index in [1.807, 2.05) is 19.9 Å². The largest absolute Gasteiger partial charge is 0.326 e. The van der Waals surface area contributed by atoms with Crippen molar-refractivity contribution in [2.45, 2.75) is 53.0 Å². The van der Waals surface area contributed by atoms with Crippen LogP contribution in [-0.2, 0) is 29.0 Å². The van der Waals surface area contributed by atoms with Gasteiger partial charge in [-0.05, 0) is 69.9 Å². The van der Waals surface area contributed by atoms with Crippen molar-refractivity contribution in [2.75, 3.05) is 10.6 Å². The van der Waals surface area contributed by atoms with E-state index in [9.17, 15) is 14.4 Å². The quantitative estimate of drug-likeness (QED) is 0.641. The maximum atomic E-state index is 13.3. The molecule has 0 atom stereocenters. The molecule has 2 aromatic heterocycles. The molecule has 1 aromatic carbocycles. The average molecular weight is 435 g/mol. The zero-order chi connectivity index (χ0) is 22.8. The highest BCUT2D eigenvalue weighted by atomic mass is 16.2. The van der Waals surface area contributed by atoms with Crippen LogP contribution in [0.4, 0.5) is 11.4 Å². The van der Waals surface area contributed by atoms with Crippen LogP contribution in [0.2, 0.25) is 0 Å². The Morgan fingerprint density at radius 3 is 2.31 bits per heavy atom. The molecule has 0 unspecified atom stereocenters. The summed E-state index contributed by atoms with van der Waals surface area (Å²) in [5.41, 5.74) is 4.15. The van der Waals surface area contributed by atoms with Gasteiger partial charge in [0.15, 0.2) is 0 Å². The summed E-state index contributed by atoms with van der Waals surface area (Å²) in [5.74, 6) is -0.158. The summed E-state index contributed by atoms with van der Waals surface area (Å²) in [6.45, 7) is 5.02. The molecule has 0 aliphatic heterocycles. The number of hydrogen-bond acceptors (Lipinski definition) is 5. The molecule has 0 radical (unpaired) electrons. The number of nitrogens with zero attached hydrogens (tertiary/aromatic N) is 4. The minimum absolute atomic E-state index is 0.169. The molecule has 2 amide bonds. The zero-order valence-corrected chi connectivity index (χ0v) is 18.4. The van der Waals surface area contributed by atoms with Gasteiger partial charge >= 0.3 is 0 Å². The number of carbonyl (C=O) groups is 2. The summed E-state index contributed by atoms with van der Waals surface area (Å²) in [6, 6.07) is 8.69. The second kappa shape index (κ2) is 8.78. The number of aryl methyl sites for hydroxylation is 3. The smallest absolute Gasteiger partial charge is 0.258 e. The van der Waals surface area contributed by atoms with Crippen molar-refractivity contribution >= 4 is 23.2 Å². The van der Waals surface area contributed by atoms with Gasteiger partial charge in [0.1, 0.15) is 6.54 Å². The van der Waals surface area contributed by atoms with Crippen molar-refractivity contribution in [1.82, 2.24) is 19.3 Å². The number of rotatable bonds is 5. The van der Waals surface area contributed by atoms with E-state index in [4.69, 9.17) is 4.98 Å². The number of fused-ring (bicyclic) bond motifs is 1. The third kappa shape index (κ3) is 4.46. The van der Waals surface area contributed by atoms with Crippen LogP contribution in [-0.4, -0.2) is 31.1 Å². The first kappa shape index (κ1) is 21.5. The lowest BCUT2D eigenvalue weighted by Crippen LogP contribution is -2.35. The summed E-state index contributed by atoms with van der Waals surface area (Å²) in [5, 5.41) is 9.97. The normalized spacial score (nSPS) is 12.8. The van der Waals surface area contributed by atoms with Crippen molar-refractivity contribution in [2.24, 2.45) is 0 Å². The first-order valence-electron chi connectivity index (χ1n) is 10.7. The minimum atomic E-state index is -0.347. The maximum Gasteiger partial charge on any atom is 0.258 e. The van der Waals surface area contributed by atoms with E-state index in [1.54, 1.807) is 28.9 Å². The number of aromatic nitrogens is 4. The van der Waals surface area contributed by atoms with Gasteiger partial charge in [-0.3, -0.25) is 19.0 Å². The average Bonchev–Trinajstić information content (AvgIpc) is 3.09. The van der Waals surface area contributed by atoms with Gasteiger partial charge in [-0.1, -0.05) is 0 Å². The van der Waals surface area contributed by atoms with E-state index in [-0.39, 0.29) is 23.9 Å². The third-order valence-electron chi connectivity index (χ3n) is 5.41. The lowest BCUT2D eigenvalue weighted by molar-refractivity contribution is -0.117. The van der Waals surface area contributed by atoms with Crippen LogP contribution in [0.1, 0.15) is 42.4 Å². The molecule has 4 rings (SSSR count). The summed E-state index contributed by atoms with van der Waals surface area (Å²) < 4.78 is 3.03. The Bertz CT molecular complexity index is 1240. The van der Waals surface area contributed by atoms with Crippen molar-refractivity contribution in [1.29, 1.82) is 0 Å². The van der Waals surface area contributed by atoms with E-state index in [1.165, 1.54) is 11.5 Å². The van der Waals surface area contributed by atoms with Crippen molar-refractivity contribution in [3.05, 3.63) is 63.3 Å². The second-order valence-corrected chi connectivity index (χ2v) is 8.08. The molecule has 0 spiro atoms. The summed E-state index contributed by atoms with van der Waals surface area (Å²) in [4.78, 5) is 42.1. The molecule has 1 aliphatic carbocycles. The summed E-state index contributed by atoms with van der Waals surface area (Å²) in [6.07, 6.45) is 3.36. The highest BCUT2D eigenvalue weighted by Crippen LogP contribution is 2.19. The van der Waals surface area contributed by atoms with Gasteiger partial charge in [-0.2, -0.15) is 5.10 Å². The Labute approximate surface area is 185 Å². The van der Waals surface area contributed by atoms with Crippen LogP contribution in [0.5, 0.6) is 0 Å². The first-order valence-corrected chi connectivity index (χ1v) is 10.7. The predicted octanol–water partition coefficient (Wildman–Crippen LogP) is 2.52. The van der Waals surface area contributed by atoms with Crippen molar-refractivity contribution in [3.8, 4) is 5.95 Å². The van der Waals surface area contributed by atoms with Gasteiger partial charge in [-0.25, -0.2) is 9.67 Å². The molecule has 0 saturated heterocycles. The monoisotopic (exact) mass is 434 g/mol. The van der Waals surface area contributed by atoms with Crippen molar-refractivity contribution in [3.63, 3.8) is 0 Å². The predicted molar refractivity (Wildman–Crippen MR) is 121 cm³/mol. The fourth-order valence-corrected chi connectivity index (χ4v) is 4.00. The number of hydrogen-bond donors (Lipinski definition) is 2. The number of nitrogens with one attached hydrogen (secondary N) is 2. The fraction of sp³-hybridized carbons (Fsp3) is 0.348. The second-order valence-electron chi connectivity index (χ2n) is 8.08.